The summed E-state index contributed by atoms with van der Waals surface area (Å²) in [6, 6.07) is 6.66. The van der Waals surface area contributed by atoms with E-state index in [1.807, 2.05) is 0 Å². The minimum atomic E-state index is -0.848. The molecule has 2 atom stereocenters. The molecule has 1 N–H and O–H groups in total. The fraction of sp³-hybridized carbons (Fsp3) is 0.444. The molecule has 0 aliphatic carbocycles. The van der Waals surface area contributed by atoms with Crippen LogP contribution >= 0.6 is 11.8 Å². The molecule has 1 aliphatic rings. The molecule has 0 unspecified atom stereocenters. The van der Waals surface area contributed by atoms with Crippen LogP contribution in [-0.4, -0.2) is 42.3 Å². The minimum absolute atomic E-state index is 0.241. The summed E-state index contributed by atoms with van der Waals surface area (Å²) in [7, 11) is 1.55. The fourth-order valence-electron chi connectivity index (χ4n) is 3.04. The zero-order chi connectivity index (χ0) is 18.7. The molecular formula is C18H22F2N4OS. The number of aromatic nitrogens is 2. The van der Waals surface area contributed by atoms with Gasteiger partial charge in [-0.2, -0.15) is 4.98 Å². The van der Waals surface area contributed by atoms with E-state index in [1.165, 1.54) is 17.8 Å². The molecule has 3 rings (SSSR count). The van der Waals surface area contributed by atoms with Gasteiger partial charge in [0.15, 0.2) is 16.8 Å². The van der Waals surface area contributed by atoms with Gasteiger partial charge in [-0.15, -0.1) is 0 Å². The number of benzene rings is 1. The predicted octanol–water partition coefficient (Wildman–Crippen LogP) is 3.24. The van der Waals surface area contributed by atoms with E-state index in [0.717, 1.165) is 25.0 Å². The largest absolute Gasteiger partial charge is 0.481 e. The highest BCUT2D eigenvalue weighted by Crippen LogP contribution is 2.27. The number of anilines is 1. The van der Waals surface area contributed by atoms with Crippen molar-refractivity contribution in [1.29, 1.82) is 0 Å². The van der Waals surface area contributed by atoms with E-state index >= 15 is 0 Å². The Kier molecular flexibility index (Phi) is 5.93. The van der Waals surface area contributed by atoms with Crippen LogP contribution in [0, 0.1) is 11.6 Å². The van der Waals surface area contributed by atoms with Gasteiger partial charge in [0.1, 0.15) is 5.82 Å². The van der Waals surface area contributed by atoms with Crippen molar-refractivity contribution in [3.8, 4) is 5.88 Å². The third-order valence-electron chi connectivity index (χ3n) is 4.15. The zero-order valence-corrected chi connectivity index (χ0v) is 15.8. The molecule has 140 valence electrons. The summed E-state index contributed by atoms with van der Waals surface area (Å²) in [5.41, 5.74) is 0.285. The van der Waals surface area contributed by atoms with E-state index in [0.29, 0.717) is 23.1 Å². The van der Waals surface area contributed by atoms with Crippen molar-refractivity contribution in [2.45, 2.75) is 36.8 Å². The number of hydrogen-bond acceptors (Lipinski definition) is 6. The molecule has 5 nitrogen and oxygen atoms in total. The van der Waals surface area contributed by atoms with Crippen LogP contribution in [0.1, 0.15) is 19.4 Å². The second kappa shape index (κ2) is 8.18. The zero-order valence-electron chi connectivity index (χ0n) is 15.0. The highest BCUT2D eigenvalue weighted by molar-refractivity contribution is 7.98. The van der Waals surface area contributed by atoms with Crippen molar-refractivity contribution in [2.24, 2.45) is 0 Å². The standard InChI is InChI=1S/C18H22F2N4OS/c1-11-8-24(9-12(2)21-11)15-7-16(25-3)23-18(22-15)26-10-13-5-4-6-14(19)17(13)20/h4-7,11-12,21H,8-10H2,1-3H3/t11-,12+. The first-order valence-electron chi connectivity index (χ1n) is 8.46. The summed E-state index contributed by atoms with van der Waals surface area (Å²) in [6.45, 7) is 5.91. The maximum atomic E-state index is 13.8. The van der Waals surface area contributed by atoms with Gasteiger partial charge in [0.25, 0.3) is 0 Å². The average Bonchev–Trinajstić information content (AvgIpc) is 2.62. The number of thioether (sulfide) groups is 1. The van der Waals surface area contributed by atoms with E-state index in [2.05, 4.69) is 34.0 Å². The van der Waals surface area contributed by atoms with Crippen molar-refractivity contribution in [1.82, 2.24) is 15.3 Å². The SMILES string of the molecule is COc1cc(N2C[C@@H](C)N[C@@H](C)C2)nc(SCc2cccc(F)c2F)n1. The summed E-state index contributed by atoms with van der Waals surface area (Å²) < 4.78 is 32.5. The predicted molar refractivity (Wildman–Crippen MR) is 98.8 cm³/mol. The van der Waals surface area contributed by atoms with Gasteiger partial charge in [-0.05, 0) is 19.9 Å². The molecule has 1 aliphatic heterocycles. The van der Waals surface area contributed by atoms with Gasteiger partial charge < -0.3 is 15.0 Å². The highest BCUT2D eigenvalue weighted by Gasteiger charge is 2.23. The summed E-state index contributed by atoms with van der Waals surface area (Å²) in [6.07, 6.45) is 0. The second-order valence-corrected chi connectivity index (χ2v) is 7.37. The maximum absolute atomic E-state index is 13.8. The van der Waals surface area contributed by atoms with Crippen molar-refractivity contribution in [3.05, 3.63) is 41.5 Å². The Morgan fingerprint density at radius 3 is 2.65 bits per heavy atom. The molecule has 0 radical (unpaired) electrons. The molecule has 26 heavy (non-hydrogen) atoms. The molecule has 1 aromatic heterocycles. The number of halogens is 2. The van der Waals surface area contributed by atoms with Crippen molar-refractivity contribution >= 4 is 17.6 Å². The lowest BCUT2D eigenvalue weighted by Crippen LogP contribution is -2.54. The number of hydrogen-bond donors (Lipinski definition) is 1. The van der Waals surface area contributed by atoms with E-state index in [1.54, 1.807) is 19.2 Å². The van der Waals surface area contributed by atoms with Crippen LogP contribution in [0.5, 0.6) is 5.88 Å². The lowest BCUT2D eigenvalue weighted by atomic mass is 10.1. The second-order valence-electron chi connectivity index (χ2n) is 6.43. The van der Waals surface area contributed by atoms with Crippen LogP contribution in [0.2, 0.25) is 0 Å². The Hall–Kier alpha value is -1.93. The van der Waals surface area contributed by atoms with E-state index < -0.39 is 11.6 Å². The van der Waals surface area contributed by atoms with E-state index in [9.17, 15) is 8.78 Å². The molecule has 0 amide bonds. The normalized spacial score (nSPS) is 20.3. The van der Waals surface area contributed by atoms with Crippen LogP contribution in [-0.2, 0) is 5.75 Å². The van der Waals surface area contributed by atoms with Crippen LogP contribution in [0.25, 0.3) is 0 Å². The van der Waals surface area contributed by atoms with Gasteiger partial charge in [0.2, 0.25) is 5.88 Å². The van der Waals surface area contributed by atoms with Crippen molar-refractivity contribution in [2.75, 3.05) is 25.1 Å². The van der Waals surface area contributed by atoms with Crippen LogP contribution in [0.15, 0.2) is 29.4 Å². The molecule has 8 heteroatoms. The third kappa shape index (κ3) is 4.42. The molecule has 1 fully saturated rings. The van der Waals surface area contributed by atoms with Gasteiger partial charge in [-0.3, -0.25) is 0 Å². The third-order valence-corrected chi connectivity index (χ3v) is 5.04. The van der Waals surface area contributed by atoms with Crippen LogP contribution in [0.4, 0.5) is 14.6 Å². The van der Waals surface area contributed by atoms with E-state index in [4.69, 9.17) is 4.74 Å². The molecular weight excluding hydrogens is 358 g/mol. The molecule has 1 saturated heterocycles. The minimum Gasteiger partial charge on any atom is -0.481 e. The number of rotatable bonds is 5. The number of nitrogens with zero attached hydrogens (tertiary/aromatic N) is 3. The van der Waals surface area contributed by atoms with Gasteiger partial charge in [0.05, 0.1) is 7.11 Å². The average molecular weight is 380 g/mol. The van der Waals surface area contributed by atoms with Crippen molar-refractivity contribution < 1.29 is 13.5 Å². The van der Waals surface area contributed by atoms with E-state index in [-0.39, 0.29) is 11.3 Å². The topological polar surface area (TPSA) is 50.3 Å². The number of methoxy groups -OCH3 is 1. The molecule has 2 aromatic rings. The lowest BCUT2D eigenvalue weighted by molar-refractivity contribution is 0.387. The molecule has 0 saturated carbocycles. The summed E-state index contributed by atoms with van der Waals surface area (Å²) in [4.78, 5) is 11.1. The van der Waals surface area contributed by atoms with Gasteiger partial charge >= 0.3 is 0 Å². The quantitative estimate of drug-likeness (QED) is 0.635. The van der Waals surface area contributed by atoms with Gasteiger partial charge in [-0.25, -0.2) is 13.8 Å². The van der Waals surface area contributed by atoms with Crippen molar-refractivity contribution in [3.63, 3.8) is 0 Å². The van der Waals surface area contributed by atoms with Gasteiger partial charge in [0, 0.05) is 42.6 Å². The first-order chi connectivity index (χ1) is 12.5. The molecule has 1 aromatic carbocycles. The Labute approximate surface area is 156 Å². The summed E-state index contributed by atoms with van der Waals surface area (Å²) in [5, 5.41) is 3.96. The maximum Gasteiger partial charge on any atom is 0.219 e. The molecule has 2 heterocycles. The first-order valence-corrected chi connectivity index (χ1v) is 9.44. The monoisotopic (exact) mass is 380 g/mol. The van der Waals surface area contributed by atoms with Crippen LogP contribution < -0.4 is 15.0 Å². The summed E-state index contributed by atoms with van der Waals surface area (Å²) in [5.74, 6) is -0.202. The number of piperazine rings is 1. The van der Waals surface area contributed by atoms with Crippen LogP contribution in [0.3, 0.4) is 0 Å². The highest BCUT2D eigenvalue weighted by atomic mass is 32.2. The Morgan fingerprint density at radius 1 is 1.23 bits per heavy atom. The summed E-state index contributed by atoms with van der Waals surface area (Å²) >= 11 is 1.25. The smallest absolute Gasteiger partial charge is 0.219 e. The fourth-order valence-corrected chi connectivity index (χ4v) is 3.86. The Bertz CT molecular complexity index is 767. The number of ether oxygens (including phenoxy) is 1. The molecule has 0 bridgehead atoms. The Balaban J connectivity index is 1.80. The van der Waals surface area contributed by atoms with Gasteiger partial charge in [-0.1, -0.05) is 23.9 Å². The molecule has 0 spiro atoms. The lowest BCUT2D eigenvalue weighted by Gasteiger charge is -2.37. The number of nitrogens with one attached hydrogen (secondary N) is 1. The Morgan fingerprint density at radius 2 is 1.96 bits per heavy atom. The first kappa shape index (κ1) is 18.8.